The second kappa shape index (κ2) is 8.49. The van der Waals surface area contributed by atoms with Gasteiger partial charge in [0.2, 0.25) is 0 Å². The summed E-state index contributed by atoms with van der Waals surface area (Å²) in [5.41, 5.74) is 0.332. The first-order chi connectivity index (χ1) is 12.1. The van der Waals surface area contributed by atoms with Gasteiger partial charge in [-0.15, -0.1) is 0 Å². The molecule has 1 heterocycles. The Labute approximate surface area is 164 Å². The first kappa shape index (κ1) is 20.8. The molecule has 144 valence electrons. The predicted molar refractivity (Wildman–Crippen MR) is 102 cm³/mol. The average Bonchev–Trinajstić information content (AvgIpc) is 2.55. The Morgan fingerprint density at radius 3 is 2.50 bits per heavy atom. The molecule has 7 heteroatoms. The molecule has 5 nitrogen and oxygen atoms in total. The number of carbonyl (C=O) groups is 2. The van der Waals surface area contributed by atoms with E-state index < -0.39 is 17.6 Å². The highest BCUT2D eigenvalue weighted by Gasteiger charge is 2.39. The van der Waals surface area contributed by atoms with Crippen LogP contribution in [0.3, 0.4) is 0 Å². The van der Waals surface area contributed by atoms with Crippen LogP contribution in [0.2, 0.25) is 10.0 Å². The molecule has 0 bridgehead atoms. The third kappa shape index (κ3) is 5.27. The van der Waals surface area contributed by atoms with E-state index in [2.05, 4.69) is 0 Å². The number of piperidine rings is 1. The maximum Gasteiger partial charge on any atom is 0.410 e. The molecular formula is C19H25Cl2NO4. The monoisotopic (exact) mass is 401 g/mol. The molecule has 0 N–H and O–H groups in total. The van der Waals surface area contributed by atoms with Crippen molar-refractivity contribution in [1.29, 1.82) is 0 Å². The normalized spacial score (nSPS) is 20.6. The number of carbonyl (C=O) groups excluding carboxylic acids is 2. The van der Waals surface area contributed by atoms with Crippen LogP contribution in [-0.4, -0.2) is 42.3 Å². The van der Waals surface area contributed by atoms with Crippen molar-refractivity contribution in [3.8, 4) is 0 Å². The van der Waals surface area contributed by atoms with Crippen LogP contribution in [0.4, 0.5) is 4.79 Å². The van der Waals surface area contributed by atoms with E-state index in [4.69, 9.17) is 32.7 Å². The van der Waals surface area contributed by atoms with Gasteiger partial charge in [-0.05, 0) is 51.8 Å². The van der Waals surface area contributed by atoms with Gasteiger partial charge >= 0.3 is 12.1 Å². The van der Waals surface area contributed by atoms with Crippen LogP contribution in [0.25, 0.3) is 0 Å². The van der Waals surface area contributed by atoms with E-state index in [9.17, 15) is 9.59 Å². The molecule has 1 aliphatic rings. The fourth-order valence-electron chi connectivity index (χ4n) is 3.07. The van der Waals surface area contributed by atoms with Gasteiger partial charge in [0.1, 0.15) is 5.60 Å². The van der Waals surface area contributed by atoms with Gasteiger partial charge in [0.15, 0.2) is 0 Å². The molecule has 1 saturated heterocycles. The van der Waals surface area contributed by atoms with E-state index in [-0.39, 0.29) is 25.0 Å². The predicted octanol–water partition coefficient (Wildman–Crippen LogP) is 4.90. The molecular weight excluding hydrogens is 377 g/mol. The average molecular weight is 402 g/mol. The van der Waals surface area contributed by atoms with Gasteiger partial charge in [-0.1, -0.05) is 29.3 Å². The third-order valence-electron chi connectivity index (χ3n) is 4.23. The molecule has 2 atom stereocenters. The summed E-state index contributed by atoms with van der Waals surface area (Å²) in [6.07, 6.45) is 0.195. The van der Waals surface area contributed by atoms with Crippen molar-refractivity contribution in [1.82, 2.24) is 4.90 Å². The molecule has 0 saturated carbocycles. The van der Waals surface area contributed by atoms with Crippen LogP contribution in [0.5, 0.6) is 0 Å². The Morgan fingerprint density at radius 2 is 1.92 bits per heavy atom. The Balaban J connectivity index is 2.23. The fourth-order valence-corrected chi connectivity index (χ4v) is 3.38. The van der Waals surface area contributed by atoms with Gasteiger partial charge in [-0.3, -0.25) is 4.79 Å². The molecule has 0 aromatic heterocycles. The molecule has 1 aliphatic heterocycles. The number of nitrogens with zero attached hydrogens (tertiary/aromatic N) is 1. The summed E-state index contributed by atoms with van der Waals surface area (Å²) in [4.78, 5) is 26.5. The van der Waals surface area contributed by atoms with Crippen LogP contribution in [0.1, 0.15) is 45.6 Å². The van der Waals surface area contributed by atoms with Crippen LogP contribution >= 0.6 is 23.2 Å². The van der Waals surface area contributed by atoms with Gasteiger partial charge in [0.25, 0.3) is 0 Å². The number of halogens is 2. The topological polar surface area (TPSA) is 55.8 Å². The Hall–Kier alpha value is -1.46. The van der Waals surface area contributed by atoms with Crippen molar-refractivity contribution in [3.63, 3.8) is 0 Å². The number of hydrogen-bond acceptors (Lipinski definition) is 4. The fraction of sp³-hybridized carbons (Fsp3) is 0.579. The standard InChI is InChI=1S/C19H25Cl2NO4/c1-5-25-17(23)14-11-22(18(24)26-19(2,3)4)9-8-13(14)12-6-7-15(20)16(21)10-12/h6-7,10,13-14H,5,8-9,11H2,1-4H3/t13-,14-/m0/s1. The van der Waals surface area contributed by atoms with Gasteiger partial charge in [0.05, 0.1) is 22.6 Å². The minimum absolute atomic E-state index is 0.0949. The number of ether oxygens (including phenoxy) is 2. The highest BCUT2D eigenvalue weighted by atomic mass is 35.5. The van der Waals surface area contributed by atoms with E-state index in [0.717, 1.165) is 5.56 Å². The van der Waals surface area contributed by atoms with Gasteiger partial charge < -0.3 is 14.4 Å². The van der Waals surface area contributed by atoms with Crippen molar-refractivity contribution in [2.75, 3.05) is 19.7 Å². The number of hydrogen-bond donors (Lipinski definition) is 0. The number of benzene rings is 1. The molecule has 1 fully saturated rings. The molecule has 0 spiro atoms. The SMILES string of the molecule is CCOC(=O)[C@H]1CN(C(=O)OC(C)(C)C)CC[C@H]1c1ccc(Cl)c(Cl)c1. The summed E-state index contributed by atoms with van der Waals surface area (Å²) >= 11 is 12.1. The first-order valence-electron chi connectivity index (χ1n) is 8.72. The van der Waals surface area contributed by atoms with Gasteiger partial charge in [0, 0.05) is 19.0 Å². The van der Waals surface area contributed by atoms with Crippen LogP contribution in [0, 0.1) is 5.92 Å². The van der Waals surface area contributed by atoms with Crippen LogP contribution in [0.15, 0.2) is 18.2 Å². The van der Waals surface area contributed by atoms with Crippen LogP contribution < -0.4 is 0 Å². The van der Waals surface area contributed by atoms with E-state index in [1.807, 2.05) is 26.8 Å². The molecule has 1 aromatic carbocycles. The lowest BCUT2D eigenvalue weighted by molar-refractivity contribution is -0.150. The van der Waals surface area contributed by atoms with E-state index in [1.165, 1.54) is 0 Å². The molecule has 0 unspecified atom stereocenters. The number of likely N-dealkylation sites (tertiary alicyclic amines) is 1. The zero-order chi connectivity index (χ0) is 19.5. The quantitative estimate of drug-likeness (QED) is 0.675. The largest absolute Gasteiger partial charge is 0.466 e. The van der Waals surface area contributed by atoms with E-state index >= 15 is 0 Å². The lowest BCUT2D eigenvalue weighted by Crippen LogP contribution is -2.47. The molecule has 2 rings (SSSR count). The molecule has 1 aromatic rings. The van der Waals surface area contributed by atoms with E-state index in [0.29, 0.717) is 23.0 Å². The lowest BCUT2D eigenvalue weighted by Gasteiger charge is -2.38. The van der Waals surface area contributed by atoms with Crippen molar-refractivity contribution in [2.45, 2.75) is 45.6 Å². The summed E-state index contributed by atoms with van der Waals surface area (Å²) in [5.74, 6) is -0.896. The Bertz CT molecular complexity index is 672. The summed E-state index contributed by atoms with van der Waals surface area (Å²) < 4.78 is 10.7. The number of esters is 1. The minimum atomic E-state index is -0.586. The molecule has 0 aliphatic carbocycles. The van der Waals surface area contributed by atoms with Crippen molar-refractivity contribution in [2.24, 2.45) is 5.92 Å². The maximum atomic E-state index is 12.5. The second-order valence-corrected chi connectivity index (χ2v) is 8.17. The number of amides is 1. The summed E-state index contributed by atoms with van der Waals surface area (Å²) in [5, 5.41) is 0.913. The minimum Gasteiger partial charge on any atom is -0.466 e. The van der Waals surface area contributed by atoms with Crippen molar-refractivity contribution < 1.29 is 19.1 Å². The third-order valence-corrected chi connectivity index (χ3v) is 4.96. The number of rotatable bonds is 3. The summed E-state index contributed by atoms with van der Waals surface area (Å²) in [7, 11) is 0. The molecule has 26 heavy (non-hydrogen) atoms. The highest BCUT2D eigenvalue weighted by Crippen LogP contribution is 2.37. The second-order valence-electron chi connectivity index (χ2n) is 7.35. The van der Waals surface area contributed by atoms with Crippen molar-refractivity contribution >= 4 is 35.3 Å². The summed E-state index contributed by atoms with van der Waals surface area (Å²) in [6.45, 7) is 8.24. The molecule has 0 radical (unpaired) electrons. The first-order valence-corrected chi connectivity index (χ1v) is 9.47. The highest BCUT2D eigenvalue weighted by molar-refractivity contribution is 6.42. The summed E-state index contributed by atoms with van der Waals surface area (Å²) in [6, 6.07) is 5.37. The maximum absolute atomic E-state index is 12.5. The Morgan fingerprint density at radius 1 is 1.23 bits per heavy atom. The molecule has 1 amide bonds. The lowest BCUT2D eigenvalue weighted by atomic mass is 9.80. The van der Waals surface area contributed by atoms with Gasteiger partial charge in [-0.2, -0.15) is 0 Å². The Kier molecular flexibility index (Phi) is 6.80. The zero-order valence-electron chi connectivity index (χ0n) is 15.6. The smallest absolute Gasteiger partial charge is 0.410 e. The zero-order valence-corrected chi connectivity index (χ0v) is 17.1. The van der Waals surface area contributed by atoms with Gasteiger partial charge in [-0.25, -0.2) is 4.79 Å². The van der Waals surface area contributed by atoms with E-state index in [1.54, 1.807) is 24.0 Å². The van der Waals surface area contributed by atoms with Crippen LogP contribution in [-0.2, 0) is 14.3 Å². The van der Waals surface area contributed by atoms with Crippen molar-refractivity contribution in [3.05, 3.63) is 33.8 Å².